The lowest BCUT2D eigenvalue weighted by atomic mass is 10.2. The van der Waals surface area contributed by atoms with E-state index in [-0.39, 0.29) is 0 Å². The maximum absolute atomic E-state index is 6.04. The first-order valence-corrected chi connectivity index (χ1v) is 5.95. The maximum Gasteiger partial charge on any atom is 0.219 e. The minimum absolute atomic E-state index is 0.327. The molecule has 0 atom stereocenters. The molecule has 0 saturated carbocycles. The highest BCUT2D eigenvalue weighted by Crippen LogP contribution is 2.27. The molecule has 15 heavy (non-hydrogen) atoms. The first-order valence-electron chi connectivity index (χ1n) is 5.03. The molecule has 0 aliphatic heterocycles. The van der Waals surface area contributed by atoms with Crippen LogP contribution < -0.4 is 4.74 Å². The standard InChI is InChI=1S/C11H15Cl2NO/c1-3-4-5-15-11-9(7-12)10(13)6-8(2)14-11/h6H,3-5,7H2,1-2H3. The van der Waals surface area contributed by atoms with E-state index in [1.807, 2.05) is 6.92 Å². The Morgan fingerprint density at radius 3 is 2.80 bits per heavy atom. The molecule has 0 spiro atoms. The molecular weight excluding hydrogens is 233 g/mol. The Hall–Kier alpha value is -0.470. The van der Waals surface area contributed by atoms with Crippen molar-refractivity contribution < 1.29 is 4.74 Å². The highest BCUT2D eigenvalue weighted by atomic mass is 35.5. The zero-order valence-electron chi connectivity index (χ0n) is 9.02. The summed E-state index contributed by atoms with van der Waals surface area (Å²) in [4.78, 5) is 4.29. The van der Waals surface area contributed by atoms with Crippen molar-refractivity contribution in [2.75, 3.05) is 6.61 Å². The number of aryl methyl sites for hydroxylation is 1. The second-order valence-electron chi connectivity index (χ2n) is 3.36. The minimum atomic E-state index is 0.327. The average Bonchev–Trinajstić information content (AvgIpc) is 2.17. The molecule has 2 nitrogen and oxygen atoms in total. The largest absolute Gasteiger partial charge is 0.477 e. The van der Waals surface area contributed by atoms with E-state index in [2.05, 4.69) is 11.9 Å². The van der Waals surface area contributed by atoms with Crippen molar-refractivity contribution >= 4 is 23.2 Å². The van der Waals surface area contributed by atoms with Crippen LogP contribution in [0.15, 0.2) is 6.07 Å². The fraction of sp³-hybridized carbons (Fsp3) is 0.545. The third kappa shape index (κ3) is 3.54. The van der Waals surface area contributed by atoms with Crippen LogP contribution >= 0.6 is 23.2 Å². The van der Waals surface area contributed by atoms with Gasteiger partial charge in [-0.15, -0.1) is 11.6 Å². The molecule has 0 saturated heterocycles. The van der Waals surface area contributed by atoms with Gasteiger partial charge in [-0.3, -0.25) is 0 Å². The normalized spacial score (nSPS) is 10.4. The SMILES string of the molecule is CCCCOc1nc(C)cc(Cl)c1CCl. The number of hydrogen-bond acceptors (Lipinski definition) is 2. The predicted octanol–water partition coefficient (Wildman–Crippen LogP) is 3.96. The van der Waals surface area contributed by atoms with E-state index in [9.17, 15) is 0 Å². The van der Waals surface area contributed by atoms with Gasteiger partial charge < -0.3 is 4.74 Å². The van der Waals surface area contributed by atoms with Gasteiger partial charge >= 0.3 is 0 Å². The highest BCUT2D eigenvalue weighted by Gasteiger charge is 2.10. The van der Waals surface area contributed by atoms with Crippen molar-refractivity contribution in [3.8, 4) is 5.88 Å². The van der Waals surface area contributed by atoms with Gasteiger partial charge in [-0.2, -0.15) is 0 Å². The molecule has 1 aromatic rings. The zero-order valence-corrected chi connectivity index (χ0v) is 10.5. The summed E-state index contributed by atoms with van der Waals surface area (Å²) >= 11 is 11.8. The first-order chi connectivity index (χ1) is 7.19. The van der Waals surface area contributed by atoms with Crippen LogP contribution in [0.4, 0.5) is 0 Å². The van der Waals surface area contributed by atoms with E-state index in [0.717, 1.165) is 24.1 Å². The molecule has 4 heteroatoms. The van der Waals surface area contributed by atoms with Gasteiger partial charge in [0.1, 0.15) is 0 Å². The summed E-state index contributed by atoms with van der Waals surface area (Å²) in [6.07, 6.45) is 2.10. The molecule has 0 fully saturated rings. The zero-order chi connectivity index (χ0) is 11.3. The summed E-state index contributed by atoms with van der Waals surface area (Å²) in [6.45, 7) is 4.66. The monoisotopic (exact) mass is 247 g/mol. The molecule has 1 rings (SSSR count). The number of rotatable bonds is 5. The number of unbranched alkanes of at least 4 members (excludes halogenated alkanes) is 1. The molecule has 0 amide bonds. The second kappa shape index (κ2) is 6.19. The van der Waals surface area contributed by atoms with Gasteiger partial charge in [-0.05, 0) is 19.4 Å². The van der Waals surface area contributed by atoms with Crippen LogP contribution in [0.3, 0.4) is 0 Å². The van der Waals surface area contributed by atoms with Crippen LogP contribution in [-0.4, -0.2) is 11.6 Å². The Kier molecular flexibility index (Phi) is 5.20. The van der Waals surface area contributed by atoms with E-state index in [1.165, 1.54) is 0 Å². The first kappa shape index (κ1) is 12.6. The van der Waals surface area contributed by atoms with Crippen molar-refractivity contribution in [2.45, 2.75) is 32.6 Å². The summed E-state index contributed by atoms with van der Waals surface area (Å²) in [7, 11) is 0. The lowest BCUT2D eigenvalue weighted by molar-refractivity contribution is 0.295. The highest BCUT2D eigenvalue weighted by molar-refractivity contribution is 6.32. The van der Waals surface area contributed by atoms with Gasteiger partial charge in [-0.1, -0.05) is 24.9 Å². The van der Waals surface area contributed by atoms with Crippen molar-refractivity contribution in [1.29, 1.82) is 0 Å². The van der Waals surface area contributed by atoms with Gasteiger partial charge in [0.25, 0.3) is 0 Å². The Labute approximate surface area is 101 Å². The molecular formula is C11H15Cl2NO. The molecule has 0 radical (unpaired) electrons. The third-order valence-electron chi connectivity index (χ3n) is 2.03. The predicted molar refractivity (Wildman–Crippen MR) is 63.9 cm³/mol. The average molecular weight is 248 g/mol. The van der Waals surface area contributed by atoms with Gasteiger partial charge in [0.05, 0.1) is 17.5 Å². The van der Waals surface area contributed by atoms with Gasteiger partial charge in [0.15, 0.2) is 0 Å². The summed E-state index contributed by atoms with van der Waals surface area (Å²) < 4.78 is 5.55. The van der Waals surface area contributed by atoms with Crippen LogP contribution in [0.1, 0.15) is 31.0 Å². The van der Waals surface area contributed by atoms with Gasteiger partial charge in [0, 0.05) is 11.3 Å². The lowest BCUT2D eigenvalue weighted by Crippen LogP contribution is -2.02. The van der Waals surface area contributed by atoms with E-state index >= 15 is 0 Å². The van der Waals surface area contributed by atoms with Crippen LogP contribution in [-0.2, 0) is 5.88 Å². The number of nitrogens with zero attached hydrogens (tertiary/aromatic N) is 1. The van der Waals surface area contributed by atoms with E-state index < -0.39 is 0 Å². The van der Waals surface area contributed by atoms with Gasteiger partial charge in [-0.25, -0.2) is 4.98 Å². The van der Waals surface area contributed by atoms with Crippen molar-refractivity contribution in [3.63, 3.8) is 0 Å². The minimum Gasteiger partial charge on any atom is -0.477 e. The Balaban J connectivity index is 2.84. The van der Waals surface area contributed by atoms with E-state index in [1.54, 1.807) is 6.07 Å². The summed E-state index contributed by atoms with van der Waals surface area (Å²) in [5, 5.41) is 0.629. The fourth-order valence-corrected chi connectivity index (χ4v) is 1.82. The van der Waals surface area contributed by atoms with Crippen molar-refractivity contribution in [1.82, 2.24) is 4.98 Å². The summed E-state index contributed by atoms with van der Waals surface area (Å²) in [6, 6.07) is 1.80. The fourth-order valence-electron chi connectivity index (χ4n) is 1.19. The molecule has 0 aliphatic rings. The number of halogens is 2. The van der Waals surface area contributed by atoms with Crippen LogP contribution in [0.2, 0.25) is 5.02 Å². The third-order valence-corrected chi connectivity index (χ3v) is 2.63. The molecule has 0 aromatic carbocycles. The molecule has 1 aromatic heterocycles. The molecule has 0 N–H and O–H groups in total. The topological polar surface area (TPSA) is 22.1 Å². The molecule has 1 heterocycles. The Morgan fingerprint density at radius 1 is 1.47 bits per heavy atom. The number of hydrogen-bond donors (Lipinski definition) is 0. The lowest BCUT2D eigenvalue weighted by Gasteiger charge is -2.10. The number of aromatic nitrogens is 1. The summed E-state index contributed by atoms with van der Waals surface area (Å²) in [5.74, 6) is 0.900. The van der Waals surface area contributed by atoms with Crippen molar-refractivity contribution in [2.24, 2.45) is 0 Å². The number of alkyl halides is 1. The van der Waals surface area contributed by atoms with Crippen LogP contribution in [0.25, 0.3) is 0 Å². The Morgan fingerprint density at radius 2 is 2.20 bits per heavy atom. The number of pyridine rings is 1. The second-order valence-corrected chi connectivity index (χ2v) is 4.04. The van der Waals surface area contributed by atoms with Crippen molar-refractivity contribution in [3.05, 3.63) is 22.3 Å². The Bertz CT molecular complexity index is 329. The van der Waals surface area contributed by atoms with E-state index in [4.69, 9.17) is 27.9 Å². The molecule has 84 valence electrons. The summed E-state index contributed by atoms with van der Waals surface area (Å²) in [5.41, 5.74) is 1.63. The molecule has 0 bridgehead atoms. The maximum atomic E-state index is 6.04. The van der Waals surface area contributed by atoms with Crippen LogP contribution in [0, 0.1) is 6.92 Å². The number of ether oxygens (including phenoxy) is 1. The smallest absolute Gasteiger partial charge is 0.219 e. The van der Waals surface area contributed by atoms with Crippen LogP contribution in [0.5, 0.6) is 5.88 Å². The quantitative estimate of drug-likeness (QED) is 0.581. The molecule has 0 unspecified atom stereocenters. The molecule has 0 aliphatic carbocycles. The van der Waals surface area contributed by atoms with Gasteiger partial charge in [0.2, 0.25) is 5.88 Å². The van der Waals surface area contributed by atoms with E-state index in [0.29, 0.717) is 23.4 Å².